The van der Waals surface area contributed by atoms with Gasteiger partial charge in [-0.15, -0.1) is 0 Å². The lowest BCUT2D eigenvalue weighted by Crippen LogP contribution is -2.44. The molecule has 7 nitrogen and oxygen atoms in total. The fraction of sp³-hybridized carbons (Fsp3) is 0.800. The lowest BCUT2D eigenvalue weighted by molar-refractivity contribution is -0.125. The normalized spacial score (nSPS) is 23.2. The van der Waals surface area contributed by atoms with E-state index in [0.29, 0.717) is 26.3 Å². The molecule has 1 fully saturated rings. The van der Waals surface area contributed by atoms with Gasteiger partial charge in [0.2, 0.25) is 5.91 Å². The Balaban J connectivity index is 2.14. The van der Waals surface area contributed by atoms with Crippen LogP contribution >= 0.6 is 0 Å². The summed E-state index contributed by atoms with van der Waals surface area (Å²) in [6, 6.07) is -0.411. The highest BCUT2D eigenvalue weighted by molar-refractivity contribution is 5.80. The van der Waals surface area contributed by atoms with Crippen molar-refractivity contribution in [3.8, 4) is 0 Å². The number of nitrogens with zero attached hydrogens (tertiary/aromatic N) is 1. The molecular weight excluding hydrogens is 224 g/mol. The molecule has 98 valence electrons. The van der Waals surface area contributed by atoms with E-state index >= 15 is 0 Å². The summed E-state index contributed by atoms with van der Waals surface area (Å²) in [4.78, 5) is 24.2. The molecule has 0 radical (unpaired) electrons. The van der Waals surface area contributed by atoms with Crippen molar-refractivity contribution in [3.63, 3.8) is 0 Å². The van der Waals surface area contributed by atoms with Gasteiger partial charge < -0.3 is 26.0 Å². The molecule has 0 bridgehead atoms. The highest BCUT2D eigenvalue weighted by Gasteiger charge is 2.30. The van der Waals surface area contributed by atoms with Crippen LogP contribution in [0, 0.1) is 5.92 Å². The van der Waals surface area contributed by atoms with E-state index in [1.54, 1.807) is 14.1 Å². The van der Waals surface area contributed by atoms with Crippen LogP contribution in [0.25, 0.3) is 0 Å². The lowest BCUT2D eigenvalue weighted by atomic mass is 10.0. The van der Waals surface area contributed by atoms with Crippen LogP contribution in [0.3, 0.4) is 0 Å². The molecule has 2 atom stereocenters. The van der Waals surface area contributed by atoms with Crippen LogP contribution in [0.5, 0.6) is 0 Å². The van der Waals surface area contributed by atoms with E-state index in [9.17, 15) is 9.59 Å². The quantitative estimate of drug-likeness (QED) is 0.516. The molecule has 0 spiro atoms. The van der Waals surface area contributed by atoms with Crippen molar-refractivity contribution in [2.75, 3.05) is 40.4 Å². The second-order valence-electron chi connectivity index (χ2n) is 4.23. The predicted octanol–water partition coefficient (Wildman–Crippen LogP) is -1.65. The third-order valence-corrected chi connectivity index (χ3v) is 2.57. The standard InChI is InChI=1S/C10H20N4O3/c1-14(2)10(16)13-4-3-12-9(15)7-5-17-6-8(7)11/h7-8H,3-6,11H2,1-2H3,(H,12,15)(H,13,16). The first-order valence-corrected chi connectivity index (χ1v) is 5.58. The molecule has 0 aromatic heterocycles. The molecule has 0 saturated carbocycles. The number of urea groups is 1. The van der Waals surface area contributed by atoms with E-state index in [2.05, 4.69) is 10.6 Å². The van der Waals surface area contributed by atoms with Crippen LogP contribution in [0.4, 0.5) is 4.79 Å². The van der Waals surface area contributed by atoms with E-state index in [0.717, 1.165) is 0 Å². The maximum atomic E-state index is 11.6. The summed E-state index contributed by atoms with van der Waals surface area (Å²) in [7, 11) is 3.31. The van der Waals surface area contributed by atoms with E-state index < -0.39 is 0 Å². The summed E-state index contributed by atoms with van der Waals surface area (Å²) in [5.74, 6) is -0.395. The van der Waals surface area contributed by atoms with Crippen molar-refractivity contribution in [2.24, 2.45) is 11.7 Å². The summed E-state index contributed by atoms with van der Waals surface area (Å²) in [6.07, 6.45) is 0. The fourth-order valence-electron chi connectivity index (χ4n) is 1.49. The Morgan fingerprint density at radius 3 is 2.47 bits per heavy atom. The van der Waals surface area contributed by atoms with Gasteiger partial charge in [-0.05, 0) is 0 Å². The maximum absolute atomic E-state index is 11.6. The van der Waals surface area contributed by atoms with E-state index in [1.165, 1.54) is 4.90 Å². The molecule has 17 heavy (non-hydrogen) atoms. The third kappa shape index (κ3) is 4.20. The minimum absolute atomic E-state index is 0.117. The first kappa shape index (κ1) is 13.7. The van der Waals surface area contributed by atoms with Gasteiger partial charge in [0.05, 0.1) is 19.1 Å². The summed E-state index contributed by atoms with van der Waals surface area (Å²) in [5, 5.41) is 5.37. The van der Waals surface area contributed by atoms with Gasteiger partial charge in [0.25, 0.3) is 0 Å². The monoisotopic (exact) mass is 244 g/mol. The van der Waals surface area contributed by atoms with Crippen LogP contribution in [0.15, 0.2) is 0 Å². The van der Waals surface area contributed by atoms with Crippen molar-refractivity contribution in [1.82, 2.24) is 15.5 Å². The summed E-state index contributed by atoms with van der Waals surface area (Å²) < 4.78 is 5.10. The van der Waals surface area contributed by atoms with Gasteiger partial charge >= 0.3 is 6.03 Å². The van der Waals surface area contributed by atoms with Crippen molar-refractivity contribution < 1.29 is 14.3 Å². The van der Waals surface area contributed by atoms with Crippen molar-refractivity contribution in [3.05, 3.63) is 0 Å². The zero-order chi connectivity index (χ0) is 12.8. The first-order chi connectivity index (χ1) is 8.02. The zero-order valence-corrected chi connectivity index (χ0v) is 10.2. The number of amides is 3. The molecular formula is C10H20N4O3. The van der Waals surface area contributed by atoms with Gasteiger partial charge in [-0.2, -0.15) is 0 Å². The van der Waals surface area contributed by atoms with Gasteiger partial charge in [0, 0.05) is 33.2 Å². The number of rotatable bonds is 4. The molecule has 1 heterocycles. The Kier molecular flexibility index (Phi) is 5.17. The molecule has 1 aliphatic rings. The maximum Gasteiger partial charge on any atom is 0.316 e. The molecule has 2 unspecified atom stereocenters. The van der Waals surface area contributed by atoms with Gasteiger partial charge in [-0.1, -0.05) is 0 Å². The second-order valence-corrected chi connectivity index (χ2v) is 4.23. The molecule has 1 aliphatic heterocycles. The predicted molar refractivity (Wildman–Crippen MR) is 62.4 cm³/mol. The molecule has 4 N–H and O–H groups in total. The summed E-state index contributed by atoms with van der Waals surface area (Å²) >= 11 is 0. The molecule has 0 aromatic carbocycles. The molecule has 7 heteroatoms. The summed E-state index contributed by atoms with van der Waals surface area (Å²) in [5.41, 5.74) is 5.71. The Hall–Kier alpha value is -1.34. The van der Waals surface area contributed by atoms with Crippen molar-refractivity contribution >= 4 is 11.9 Å². The van der Waals surface area contributed by atoms with E-state index in [-0.39, 0.29) is 23.9 Å². The molecule has 3 amide bonds. The van der Waals surface area contributed by atoms with Crippen LogP contribution in [-0.4, -0.2) is 63.3 Å². The van der Waals surface area contributed by atoms with Gasteiger partial charge in [-0.25, -0.2) is 4.79 Å². The van der Waals surface area contributed by atoms with Gasteiger partial charge in [0.1, 0.15) is 0 Å². The Labute approximate surface area is 101 Å². The smallest absolute Gasteiger partial charge is 0.316 e. The highest BCUT2D eigenvalue weighted by atomic mass is 16.5. The van der Waals surface area contributed by atoms with Crippen molar-refractivity contribution in [1.29, 1.82) is 0 Å². The van der Waals surface area contributed by atoms with Gasteiger partial charge in [0.15, 0.2) is 0 Å². The van der Waals surface area contributed by atoms with Crippen molar-refractivity contribution in [2.45, 2.75) is 6.04 Å². The number of carbonyl (C=O) groups excluding carboxylic acids is 2. The van der Waals surface area contributed by atoms with Gasteiger partial charge in [-0.3, -0.25) is 4.79 Å². The zero-order valence-electron chi connectivity index (χ0n) is 10.2. The van der Waals surface area contributed by atoms with Crippen LogP contribution in [0.2, 0.25) is 0 Å². The largest absolute Gasteiger partial charge is 0.379 e. The second kappa shape index (κ2) is 6.41. The fourth-order valence-corrected chi connectivity index (χ4v) is 1.49. The minimum atomic E-state index is -0.278. The Bertz CT molecular complexity index is 283. The topological polar surface area (TPSA) is 96.7 Å². The van der Waals surface area contributed by atoms with Crippen LogP contribution in [-0.2, 0) is 9.53 Å². The number of hydrogen-bond acceptors (Lipinski definition) is 4. The van der Waals surface area contributed by atoms with E-state index in [4.69, 9.17) is 10.5 Å². The van der Waals surface area contributed by atoms with E-state index in [1.807, 2.05) is 0 Å². The Morgan fingerprint density at radius 1 is 1.29 bits per heavy atom. The lowest BCUT2D eigenvalue weighted by Gasteiger charge is -2.15. The first-order valence-electron chi connectivity index (χ1n) is 5.58. The number of nitrogens with two attached hydrogens (primary N) is 1. The van der Waals surface area contributed by atoms with Crippen LogP contribution < -0.4 is 16.4 Å². The number of hydrogen-bond donors (Lipinski definition) is 3. The SMILES string of the molecule is CN(C)C(=O)NCCNC(=O)C1COCC1N. The number of nitrogens with one attached hydrogen (secondary N) is 2. The Morgan fingerprint density at radius 2 is 1.94 bits per heavy atom. The molecule has 1 rings (SSSR count). The number of ether oxygens (including phenoxy) is 1. The summed E-state index contributed by atoms with van der Waals surface area (Å²) in [6.45, 7) is 1.58. The van der Waals surface area contributed by atoms with Crippen LogP contribution in [0.1, 0.15) is 0 Å². The number of carbonyl (C=O) groups is 2. The average Bonchev–Trinajstić information content (AvgIpc) is 2.70. The minimum Gasteiger partial charge on any atom is -0.379 e. The third-order valence-electron chi connectivity index (χ3n) is 2.57. The average molecular weight is 244 g/mol. The molecule has 0 aromatic rings. The molecule has 0 aliphatic carbocycles. The highest BCUT2D eigenvalue weighted by Crippen LogP contribution is 2.10. The molecule has 1 saturated heterocycles.